The number of carbonyl (C=O) groups excluding carboxylic acids is 2. The summed E-state index contributed by atoms with van der Waals surface area (Å²) in [6.45, 7) is 0.889. The van der Waals surface area contributed by atoms with Gasteiger partial charge in [-0.25, -0.2) is 18.2 Å². The summed E-state index contributed by atoms with van der Waals surface area (Å²) in [6.07, 6.45) is -2.41. The van der Waals surface area contributed by atoms with Crippen LogP contribution in [0.4, 0.5) is 32.0 Å². The van der Waals surface area contributed by atoms with Gasteiger partial charge in [-0.3, -0.25) is 14.5 Å². The molecule has 2 aliphatic heterocycles. The smallest absolute Gasteiger partial charge is 0.406 e. The fourth-order valence-corrected chi connectivity index (χ4v) is 6.30. The monoisotopic (exact) mass is 694 g/mol. The van der Waals surface area contributed by atoms with Crippen molar-refractivity contribution in [2.75, 3.05) is 52.3 Å². The third kappa shape index (κ3) is 8.22. The predicted molar refractivity (Wildman–Crippen MR) is 168 cm³/mol. The molecule has 2 atom stereocenters. The van der Waals surface area contributed by atoms with E-state index in [1.165, 1.54) is 32.4 Å². The van der Waals surface area contributed by atoms with Crippen molar-refractivity contribution in [1.82, 2.24) is 25.1 Å². The fraction of sp³-hybridized carbons (Fsp3) is 0.485. The number of methoxy groups -OCH3 is 1. The van der Waals surface area contributed by atoms with Crippen molar-refractivity contribution in [3.63, 3.8) is 0 Å². The highest BCUT2D eigenvalue weighted by atomic mass is 19.4. The molecule has 3 N–H and O–H groups in total. The van der Waals surface area contributed by atoms with E-state index >= 15 is 8.78 Å². The van der Waals surface area contributed by atoms with Crippen molar-refractivity contribution in [1.29, 1.82) is 0 Å². The number of halogens is 6. The van der Waals surface area contributed by atoms with Crippen LogP contribution < -0.4 is 20.7 Å². The number of imidazole rings is 1. The molecular weight excluding hydrogens is 658 g/mol. The van der Waals surface area contributed by atoms with Crippen molar-refractivity contribution in [3.8, 4) is 17.6 Å². The second kappa shape index (κ2) is 14.6. The third-order valence-electron chi connectivity index (χ3n) is 8.63. The van der Waals surface area contributed by atoms with Crippen molar-refractivity contribution in [2.45, 2.75) is 50.5 Å². The van der Waals surface area contributed by atoms with Gasteiger partial charge in [0.1, 0.15) is 23.6 Å². The summed E-state index contributed by atoms with van der Waals surface area (Å²) in [6, 6.07) is 3.29. The van der Waals surface area contributed by atoms with E-state index in [4.69, 9.17) is 9.47 Å². The highest BCUT2D eigenvalue weighted by Gasteiger charge is 2.50. The Hall–Kier alpha value is -4.49. The third-order valence-corrected chi connectivity index (χ3v) is 8.63. The van der Waals surface area contributed by atoms with E-state index < -0.39 is 54.8 Å². The van der Waals surface area contributed by atoms with Crippen LogP contribution in [0, 0.1) is 23.6 Å². The van der Waals surface area contributed by atoms with E-state index in [2.05, 4.69) is 32.8 Å². The van der Waals surface area contributed by atoms with Gasteiger partial charge >= 0.3 is 6.18 Å². The first-order valence-corrected chi connectivity index (χ1v) is 15.6. The van der Waals surface area contributed by atoms with Crippen molar-refractivity contribution in [2.24, 2.45) is 5.92 Å². The number of alkyl halides is 5. The van der Waals surface area contributed by atoms with E-state index in [1.54, 1.807) is 11.8 Å². The molecule has 3 aromatic rings. The molecule has 1 aromatic heterocycles. The number of anilines is 1. The van der Waals surface area contributed by atoms with Gasteiger partial charge in [0.25, 0.3) is 17.7 Å². The molecule has 0 spiro atoms. The van der Waals surface area contributed by atoms with Gasteiger partial charge in [-0.1, -0.05) is 18.8 Å². The van der Waals surface area contributed by atoms with Gasteiger partial charge in [0.15, 0.2) is 0 Å². The Morgan fingerprint density at radius 1 is 1.12 bits per heavy atom. The van der Waals surface area contributed by atoms with Crippen molar-refractivity contribution < 1.29 is 45.4 Å². The van der Waals surface area contributed by atoms with Gasteiger partial charge in [0.05, 0.1) is 54.9 Å². The molecule has 2 aliphatic rings. The molecule has 2 aromatic carbocycles. The molecule has 2 amide bonds. The van der Waals surface area contributed by atoms with Gasteiger partial charge < -0.3 is 30.0 Å². The number of ether oxygens (including phenoxy) is 2. The van der Waals surface area contributed by atoms with Crippen LogP contribution in [0.15, 0.2) is 30.6 Å². The molecule has 2 fully saturated rings. The molecule has 10 nitrogen and oxygen atoms in total. The van der Waals surface area contributed by atoms with Gasteiger partial charge in [0.2, 0.25) is 0 Å². The lowest BCUT2D eigenvalue weighted by Crippen LogP contribution is -2.64. The Bertz CT molecular complexity index is 1760. The molecule has 5 rings (SSSR count). The number of fused-ring (bicyclic) bond motifs is 1. The minimum atomic E-state index is -4.61. The minimum absolute atomic E-state index is 0.0530. The maximum absolute atomic E-state index is 15.6. The maximum Gasteiger partial charge on any atom is 0.406 e. The summed E-state index contributed by atoms with van der Waals surface area (Å²) >= 11 is 0. The van der Waals surface area contributed by atoms with Gasteiger partial charge in [0, 0.05) is 44.5 Å². The van der Waals surface area contributed by atoms with Crippen LogP contribution >= 0.6 is 0 Å². The Morgan fingerprint density at radius 3 is 2.51 bits per heavy atom. The number of benzene rings is 2. The normalized spacial score (nSPS) is 19.9. The molecule has 16 heteroatoms. The highest BCUT2D eigenvalue weighted by molar-refractivity contribution is 6.05. The zero-order chi connectivity index (χ0) is 35.5. The molecular formula is C33H36F6N6O4. The summed E-state index contributed by atoms with van der Waals surface area (Å²) in [5.74, 6) is -0.678. The van der Waals surface area contributed by atoms with Crippen LogP contribution in [0.25, 0.3) is 11.0 Å². The fourth-order valence-electron chi connectivity index (χ4n) is 6.30. The summed E-state index contributed by atoms with van der Waals surface area (Å²) in [5, 5.41) is 7.69. The zero-order valence-electron chi connectivity index (χ0n) is 27.0. The summed E-state index contributed by atoms with van der Waals surface area (Å²) < 4.78 is 97.0. The number of piperidine rings is 1. The number of hydrogen-bond donors (Lipinski definition) is 3. The summed E-state index contributed by atoms with van der Waals surface area (Å²) in [4.78, 5) is 31.4. The Labute approximate surface area is 278 Å². The second-order valence-corrected chi connectivity index (χ2v) is 12.1. The van der Waals surface area contributed by atoms with Gasteiger partial charge in [-0.15, -0.1) is 0 Å². The number of rotatable bonds is 8. The molecule has 0 saturated carbocycles. The molecule has 3 heterocycles. The van der Waals surface area contributed by atoms with Crippen LogP contribution in [0.5, 0.6) is 5.75 Å². The topological polar surface area (TPSA) is 110 Å². The first-order valence-electron chi connectivity index (χ1n) is 15.6. The Balaban J connectivity index is 1.41. The van der Waals surface area contributed by atoms with E-state index in [0.29, 0.717) is 32.6 Å². The second-order valence-electron chi connectivity index (χ2n) is 12.1. The van der Waals surface area contributed by atoms with Gasteiger partial charge in [-0.05, 0) is 37.0 Å². The quantitative estimate of drug-likeness (QED) is 0.237. The number of nitrogens with one attached hydrogen (secondary N) is 3. The largest absolute Gasteiger partial charge is 0.494 e. The zero-order valence-corrected chi connectivity index (χ0v) is 27.0. The van der Waals surface area contributed by atoms with E-state index in [-0.39, 0.29) is 51.7 Å². The van der Waals surface area contributed by atoms with E-state index in [1.807, 2.05) is 0 Å². The summed E-state index contributed by atoms with van der Waals surface area (Å²) in [5.41, 5.74) is -0.248. The van der Waals surface area contributed by atoms with Crippen LogP contribution in [0.1, 0.15) is 46.0 Å². The van der Waals surface area contributed by atoms with Gasteiger partial charge in [-0.2, -0.15) is 13.2 Å². The maximum atomic E-state index is 15.6. The molecule has 2 saturated heterocycles. The van der Waals surface area contributed by atoms with E-state index in [9.17, 15) is 27.2 Å². The first-order chi connectivity index (χ1) is 23.2. The summed E-state index contributed by atoms with van der Waals surface area (Å²) in [7, 11) is 2.66. The average Bonchev–Trinajstić information content (AvgIpc) is 3.45. The SMILES string of the molecule is CNC(=O)c1cc(NCC#Cc2cc(C(=O)N[C@@H]3[C@@H](C)CN(C4CCOCC4)CC3(F)F)c3ncn(CC(F)(F)F)c3c2)c(OC)cc1F. The molecule has 0 bridgehead atoms. The number of carbonyl (C=O) groups is 2. The van der Waals surface area contributed by atoms with E-state index in [0.717, 1.165) is 17.0 Å². The number of nitrogens with zero attached hydrogens (tertiary/aromatic N) is 3. The molecule has 0 aliphatic carbocycles. The number of amides is 2. The first kappa shape index (κ1) is 35.8. The van der Waals surface area contributed by atoms with Crippen LogP contribution in [0.2, 0.25) is 0 Å². The lowest BCUT2D eigenvalue weighted by molar-refractivity contribution is -0.140. The predicted octanol–water partition coefficient (Wildman–Crippen LogP) is 4.43. The molecule has 49 heavy (non-hydrogen) atoms. The number of aromatic nitrogens is 2. The number of likely N-dealkylation sites (tertiary alicyclic amines) is 1. The number of hydrogen-bond acceptors (Lipinski definition) is 7. The lowest BCUT2D eigenvalue weighted by Gasteiger charge is -2.46. The van der Waals surface area contributed by atoms with Crippen LogP contribution in [-0.4, -0.2) is 97.5 Å². The highest BCUT2D eigenvalue weighted by Crippen LogP contribution is 2.34. The molecule has 0 radical (unpaired) electrons. The lowest BCUT2D eigenvalue weighted by atomic mass is 9.88. The van der Waals surface area contributed by atoms with Crippen molar-refractivity contribution in [3.05, 3.63) is 53.1 Å². The Kier molecular flexibility index (Phi) is 10.6. The van der Waals surface area contributed by atoms with Crippen LogP contribution in [-0.2, 0) is 11.3 Å². The average molecular weight is 695 g/mol. The minimum Gasteiger partial charge on any atom is -0.494 e. The van der Waals surface area contributed by atoms with Crippen LogP contribution in [0.3, 0.4) is 0 Å². The van der Waals surface area contributed by atoms with Crippen molar-refractivity contribution >= 4 is 28.5 Å². The molecule has 0 unspecified atom stereocenters. The Morgan fingerprint density at radius 2 is 1.86 bits per heavy atom. The standard InChI is InChI=1S/C33H36F6N6O4/c1-19-15-44(21-6-9-49-10-7-21)16-32(35,36)29(19)43-31(47)23-11-20(12-26-28(23)42-18-45(26)17-33(37,38)39)5-4-8-41-25-13-22(30(46)40-2)24(34)14-27(25)48-3/h11-14,18-19,21,29,41H,6-10,15-17H2,1-3H3,(H,40,46)(H,43,47)/t19-,29+/m0/s1. The molecule has 264 valence electrons.